The number of rotatable bonds is 6. The van der Waals surface area contributed by atoms with Crippen LogP contribution >= 0.6 is 0 Å². The molecule has 3 heterocycles. The molecule has 0 spiro atoms. The van der Waals surface area contributed by atoms with E-state index in [9.17, 15) is 0 Å². The Kier molecular flexibility index (Phi) is 6.64. The lowest BCUT2D eigenvalue weighted by molar-refractivity contribution is 0.0885. The summed E-state index contributed by atoms with van der Waals surface area (Å²) >= 11 is 0. The minimum atomic E-state index is 0.679. The summed E-state index contributed by atoms with van der Waals surface area (Å²) in [5.74, 6) is 0.926. The van der Waals surface area contributed by atoms with Crippen molar-refractivity contribution >= 4 is 5.69 Å². The van der Waals surface area contributed by atoms with Crippen molar-refractivity contribution in [1.82, 2.24) is 19.6 Å². The van der Waals surface area contributed by atoms with Crippen LogP contribution in [0.25, 0.3) is 0 Å². The van der Waals surface area contributed by atoms with Crippen LogP contribution < -0.4 is 9.64 Å². The van der Waals surface area contributed by atoms with Gasteiger partial charge in [0.05, 0.1) is 12.8 Å². The van der Waals surface area contributed by atoms with E-state index in [-0.39, 0.29) is 0 Å². The van der Waals surface area contributed by atoms with E-state index < -0.39 is 0 Å². The summed E-state index contributed by atoms with van der Waals surface area (Å²) in [4.78, 5) is 7.88. The smallest absolute Gasteiger partial charge is 0.119 e. The van der Waals surface area contributed by atoms with Gasteiger partial charge in [-0.05, 0) is 64.4 Å². The van der Waals surface area contributed by atoms with Gasteiger partial charge in [0, 0.05) is 68.8 Å². The molecule has 2 fully saturated rings. The molecule has 4 rings (SSSR count). The fraction of sp³-hybridized carbons (Fsp3) is 0.625. The number of anilines is 1. The second-order valence-electron chi connectivity index (χ2n) is 8.72. The molecule has 164 valence electrons. The number of likely N-dealkylation sites (tertiary alicyclic amines) is 1. The SMILES string of the molecule is CCn1nc(C)c(CN2CCCC(N3CCN(c4ccc(OC)cc4)CC3)C2)c1C. The molecular formula is C24H37N5O. The van der Waals surface area contributed by atoms with Crippen LogP contribution in [0.2, 0.25) is 0 Å². The predicted molar refractivity (Wildman–Crippen MR) is 122 cm³/mol. The maximum absolute atomic E-state index is 5.29. The Morgan fingerprint density at radius 1 is 1.03 bits per heavy atom. The van der Waals surface area contributed by atoms with E-state index >= 15 is 0 Å². The number of hydrogen-bond acceptors (Lipinski definition) is 5. The number of ether oxygens (including phenoxy) is 1. The fourth-order valence-corrected chi connectivity index (χ4v) is 5.11. The number of hydrogen-bond donors (Lipinski definition) is 0. The summed E-state index contributed by atoms with van der Waals surface area (Å²) in [5.41, 5.74) is 5.27. The molecule has 30 heavy (non-hydrogen) atoms. The predicted octanol–water partition coefficient (Wildman–Crippen LogP) is 3.32. The molecule has 1 aromatic heterocycles. The molecular weight excluding hydrogens is 374 g/mol. The number of benzene rings is 1. The summed E-state index contributed by atoms with van der Waals surface area (Å²) in [6, 6.07) is 9.16. The Hall–Kier alpha value is -2.05. The van der Waals surface area contributed by atoms with Gasteiger partial charge in [-0.3, -0.25) is 14.5 Å². The minimum Gasteiger partial charge on any atom is -0.497 e. The van der Waals surface area contributed by atoms with Crippen LogP contribution in [0.15, 0.2) is 24.3 Å². The van der Waals surface area contributed by atoms with Crippen molar-refractivity contribution in [2.24, 2.45) is 0 Å². The fourth-order valence-electron chi connectivity index (χ4n) is 5.11. The summed E-state index contributed by atoms with van der Waals surface area (Å²) < 4.78 is 7.43. The van der Waals surface area contributed by atoms with Gasteiger partial charge < -0.3 is 9.64 Å². The van der Waals surface area contributed by atoms with Crippen molar-refractivity contribution in [1.29, 1.82) is 0 Å². The van der Waals surface area contributed by atoms with Crippen molar-refractivity contribution < 1.29 is 4.74 Å². The van der Waals surface area contributed by atoms with E-state index in [1.807, 2.05) is 0 Å². The van der Waals surface area contributed by atoms with Crippen LogP contribution in [0.3, 0.4) is 0 Å². The lowest BCUT2D eigenvalue weighted by Gasteiger charge is -2.44. The molecule has 0 saturated carbocycles. The third kappa shape index (κ3) is 4.49. The summed E-state index contributed by atoms with van der Waals surface area (Å²) in [7, 11) is 1.72. The van der Waals surface area contributed by atoms with Crippen molar-refractivity contribution in [2.75, 3.05) is 51.3 Å². The Morgan fingerprint density at radius 2 is 1.77 bits per heavy atom. The molecule has 0 radical (unpaired) electrons. The van der Waals surface area contributed by atoms with Gasteiger partial charge in [0.25, 0.3) is 0 Å². The van der Waals surface area contributed by atoms with E-state index in [0.717, 1.165) is 45.0 Å². The monoisotopic (exact) mass is 411 g/mol. The highest BCUT2D eigenvalue weighted by atomic mass is 16.5. The van der Waals surface area contributed by atoms with Gasteiger partial charge in [-0.25, -0.2) is 0 Å². The maximum atomic E-state index is 5.29. The first-order valence-corrected chi connectivity index (χ1v) is 11.5. The molecule has 1 atom stereocenters. The molecule has 0 aliphatic carbocycles. The summed E-state index contributed by atoms with van der Waals surface area (Å²) in [5, 5.41) is 4.72. The molecule has 2 aromatic rings. The van der Waals surface area contributed by atoms with Gasteiger partial charge in [-0.15, -0.1) is 0 Å². The van der Waals surface area contributed by atoms with E-state index in [0.29, 0.717) is 6.04 Å². The first kappa shape index (κ1) is 21.2. The summed E-state index contributed by atoms with van der Waals surface area (Å²) in [6.07, 6.45) is 2.62. The molecule has 6 heteroatoms. The Bertz CT molecular complexity index is 823. The van der Waals surface area contributed by atoms with Gasteiger partial charge in [-0.2, -0.15) is 5.10 Å². The number of piperazine rings is 1. The van der Waals surface area contributed by atoms with E-state index in [2.05, 4.69) is 64.4 Å². The number of aryl methyl sites for hydroxylation is 2. The first-order valence-electron chi connectivity index (χ1n) is 11.5. The number of nitrogens with zero attached hydrogens (tertiary/aromatic N) is 5. The van der Waals surface area contributed by atoms with Gasteiger partial charge >= 0.3 is 0 Å². The molecule has 2 saturated heterocycles. The second-order valence-corrected chi connectivity index (χ2v) is 8.72. The van der Waals surface area contributed by atoms with Crippen LogP contribution in [0.5, 0.6) is 5.75 Å². The van der Waals surface area contributed by atoms with Crippen LogP contribution in [0.4, 0.5) is 5.69 Å². The van der Waals surface area contributed by atoms with Crippen molar-refractivity contribution in [3.63, 3.8) is 0 Å². The van der Waals surface area contributed by atoms with Crippen LogP contribution in [-0.4, -0.2) is 72.0 Å². The first-order chi connectivity index (χ1) is 14.6. The highest BCUT2D eigenvalue weighted by Crippen LogP contribution is 2.24. The average Bonchev–Trinajstić information content (AvgIpc) is 3.07. The van der Waals surface area contributed by atoms with Gasteiger partial charge in [-0.1, -0.05) is 0 Å². The zero-order valence-corrected chi connectivity index (χ0v) is 19.1. The molecule has 1 unspecified atom stereocenters. The number of methoxy groups -OCH3 is 1. The third-order valence-electron chi connectivity index (χ3n) is 6.96. The van der Waals surface area contributed by atoms with Crippen LogP contribution in [-0.2, 0) is 13.1 Å². The highest BCUT2D eigenvalue weighted by molar-refractivity contribution is 5.49. The molecule has 2 aliphatic heterocycles. The molecule has 0 bridgehead atoms. The van der Waals surface area contributed by atoms with E-state index in [4.69, 9.17) is 9.84 Å². The Balaban J connectivity index is 1.32. The Labute approximate surface area is 181 Å². The quantitative estimate of drug-likeness (QED) is 0.729. The molecule has 1 aromatic carbocycles. The maximum Gasteiger partial charge on any atom is 0.119 e. The van der Waals surface area contributed by atoms with Crippen LogP contribution in [0.1, 0.15) is 36.7 Å². The number of aromatic nitrogens is 2. The number of piperidine rings is 1. The molecule has 2 aliphatic rings. The van der Waals surface area contributed by atoms with Crippen molar-refractivity contribution in [2.45, 2.75) is 52.7 Å². The zero-order valence-electron chi connectivity index (χ0n) is 19.1. The lowest BCUT2D eigenvalue weighted by atomic mass is 10.0. The zero-order chi connectivity index (χ0) is 21.1. The third-order valence-corrected chi connectivity index (χ3v) is 6.96. The molecule has 6 nitrogen and oxygen atoms in total. The van der Waals surface area contributed by atoms with Gasteiger partial charge in [0.1, 0.15) is 5.75 Å². The topological polar surface area (TPSA) is 36.8 Å². The minimum absolute atomic E-state index is 0.679. The van der Waals surface area contributed by atoms with Crippen LogP contribution in [0, 0.1) is 13.8 Å². The van der Waals surface area contributed by atoms with Crippen molar-refractivity contribution in [3.8, 4) is 5.75 Å². The van der Waals surface area contributed by atoms with Crippen molar-refractivity contribution in [3.05, 3.63) is 41.2 Å². The standard InChI is InChI=1S/C24H37N5O/c1-5-29-20(3)24(19(2)25-29)18-26-12-6-7-22(17-26)28-15-13-27(14-16-28)21-8-10-23(30-4)11-9-21/h8-11,22H,5-7,12-18H2,1-4H3. The average molecular weight is 412 g/mol. The Morgan fingerprint density at radius 3 is 2.40 bits per heavy atom. The lowest BCUT2D eigenvalue weighted by Crippen LogP contribution is -2.55. The van der Waals surface area contributed by atoms with E-state index in [1.165, 1.54) is 48.6 Å². The normalized spacial score (nSPS) is 21.2. The summed E-state index contributed by atoms with van der Waals surface area (Å²) in [6.45, 7) is 15.4. The largest absolute Gasteiger partial charge is 0.497 e. The van der Waals surface area contributed by atoms with Gasteiger partial charge in [0.2, 0.25) is 0 Å². The highest BCUT2D eigenvalue weighted by Gasteiger charge is 2.29. The van der Waals surface area contributed by atoms with E-state index in [1.54, 1.807) is 7.11 Å². The molecule has 0 N–H and O–H groups in total. The van der Waals surface area contributed by atoms with Gasteiger partial charge in [0.15, 0.2) is 0 Å². The molecule has 0 amide bonds. The second kappa shape index (κ2) is 9.40.